The summed E-state index contributed by atoms with van der Waals surface area (Å²) in [6.45, 7) is 1.84. The van der Waals surface area contributed by atoms with Crippen molar-refractivity contribution in [1.29, 1.82) is 0 Å². The van der Waals surface area contributed by atoms with E-state index in [4.69, 9.17) is 0 Å². The van der Waals surface area contributed by atoms with Gasteiger partial charge in [-0.25, -0.2) is 4.98 Å². The number of benzene rings is 2. The summed E-state index contributed by atoms with van der Waals surface area (Å²) >= 11 is 0. The van der Waals surface area contributed by atoms with Gasteiger partial charge in [0, 0.05) is 34.5 Å². The van der Waals surface area contributed by atoms with Crippen molar-refractivity contribution in [2.75, 3.05) is 0 Å². The Morgan fingerprint density at radius 3 is 2.59 bits per heavy atom. The summed E-state index contributed by atoms with van der Waals surface area (Å²) in [5.41, 5.74) is 4.81. The van der Waals surface area contributed by atoms with Crippen molar-refractivity contribution >= 4 is 22.5 Å². The van der Waals surface area contributed by atoms with E-state index in [9.17, 15) is 14.9 Å². The molecule has 1 aliphatic carbocycles. The number of rotatable bonds is 2. The average molecular weight is 356 g/mol. The van der Waals surface area contributed by atoms with Gasteiger partial charge in [0.25, 0.3) is 5.69 Å². The summed E-state index contributed by atoms with van der Waals surface area (Å²) in [6, 6.07) is 13.6. The van der Waals surface area contributed by atoms with Crippen LogP contribution >= 0.6 is 0 Å². The van der Waals surface area contributed by atoms with Crippen molar-refractivity contribution in [2.24, 2.45) is 0 Å². The SMILES string of the molecule is Cc1[nH]nc2nc3c(c(-c4cccc([N+](=O)[O-])c4)c12)C(=O)c1ccccc1-3. The zero-order valence-electron chi connectivity index (χ0n) is 14.2. The van der Waals surface area contributed by atoms with Gasteiger partial charge < -0.3 is 0 Å². The molecule has 0 spiro atoms. The van der Waals surface area contributed by atoms with Gasteiger partial charge in [0.05, 0.1) is 21.6 Å². The molecule has 0 fully saturated rings. The van der Waals surface area contributed by atoms with E-state index < -0.39 is 4.92 Å². The number of aromatic amines is 1. The molecule has 0 atom stereocenters. The average Bonchev–Trinajstić information content (AvgIpc) is 3.19. The van der Waals surface area contributed by atoms with Crippen LogP contribution in [0.3, 0.4) is 0 Å². The Bertz CT molecular complexity index is 1290. The zero-order valence-corrected chi connectivity index (χ0v) is 14.2. The van der Waals surface area contributed by atoms with Gasteiger partial charge in [0.15, 0.2) is 11.4 Å². The third-order valence-corrected chi connectivity index (χ3v) is 4.88. The fourth-order valence-corrected chi connectivity index (χ4v) is 3.70. The molecule has 0 unspecified atom stereocenters. The molecule has 0 radical (unpaired) electrons. The molecular formula is C20H12N4O3. The Labute approximate surface area is 152 Å². The van der Waals surface area contributed by atoms with Gasteiger partial charge >= 0.3 is 0 Å². The van der Waals surface area contributed by atoms with Gasteiger partial charge in [0.2, 0.25) is 0 Å². The lowest BCUT2D eigenvalue weighted by Crippen LogP contribution is -2.01. The Balaban J connectivity index is 1.93. The normalized spacial score (nSPS) is 12.3. The van der Waals surface area contributed by atoms with Crippen LogP contribution in [0, 0.1) is 17.0 Å². The number of nitro benzene ring substituents is 1. The fraction of sp³-hybridized carbons (Fsp3) is 0.0500. The molecule has 0 amide bonds. The maximum atomic E-state index is 13.2. The molecule has 2 aromatic heterocycles. The first kappa shape index (κ1) is 15.4. The molecule has 2 aromatic carbocycles. The first-order valence-electron chi connectivity index (χ1n) is 8.34. The minimum Gasteiger partial charge on any atom is -0.288 e. The second-order valence-electron chi connectivity index (χ2n) is 6.44. The molecule has 1 aliphatic rings. The van der Waals surface area contributed by atoms with Crippen LogP contribution in [0.25, 0.3) is 33.4 Å². The fourth-order valence-electron chi connectivity index (χ4n) is 3.70. The number of carbonyl (C=O) groups excluding carboxylic acids is 1. The number of nitro groups is 1. The molecule has 0 aliphatic heterocycles. The minimum atomic E-state index is -0.444. The van der Waals surface area contributed by atoms with Crippen LogP contribution in [-0.2, 0) is 0 Å². The summed E-state index contributed by atoms with van der Waals surface area (Å²) in [5, 5.41) is 19.1. The van der Waals surface area contributed by atoms with Gasteiger partial charge in [-0.05, 0) is 12.5 Å². The highest BCUT2D eigenvalue weighted by molar-refractivity contribution is 6.26. The highest BCUT2D eigenvalue weighted by Crippen LogP contribution is 2.44. The molecule has 0 saturated heterocycles. The maximum absolute atomic E-state index is 13.2. The highest BCUT2D eigenvalue weighted by atomic mass is 16.6. The molecule has 27 heavy (non-hydrogen) atoms. The molecule has 130 valence electrons. The number of nitrogens with one attached hydrogen (secondary N) is 1. The molecular weight excluding hydrogens is 344 g/mol. The van der Waals surface area contributed by atoms with Crippen molar-refractivity contribution in [2.45, 2.75) is 6.92 Å². The number of aromatic nitrogens is 3. The van der Waals surface area contributed by atoms with Crippen LogP contribution in [0.4, 0.5) is 5.69 Å². The summed E-state index contributed by atoms with van der Waals surface area (Å²) in [5.74, 6) is -0.128. The number of aryl methyl sites for hydroxylation is 1. The number of pyridine rings is 1. The highest BCUT2D eigenvalue weighted by Gasteiger charge is 2.33. The molecule has 0 bridgehead atoms. The molecule has 7 nitrogen and oxygen atoms in total. The number of non-ortho nitro benzene ring substituents is 1. The Hall–Kier alpha value is -3.87. The number of nitrogens with zero attached hydrogens (tertiary/aromatic N) is 3. The molecule has 0 saturated carbocycles. The van der Waals surface area contributed by atoms with Gasteiger partial charge in [0.1, 0.15) is 0 Å². The Morgan fingerprint density at radius 2 is 1.81 bits per heavy atom. The van der Waals surface area contributed by atoms with E-state index in [1.54, 1.807) is 18.2 Å². The van der Waals surface area contributed by atoms with E-state index in [1.165, 1.54) is 12.1 Å². The predicted octanol–water partition coefficient (Wildman–Crippen LogP) is 4.05. The summed E-state index contributed by atoms with van der Waals surface area (Å²) in [6.07, 6.45) is 0. The second kappa shape index (κ2) is 5.31. The molecule has 5 rings (SSSR count). The van der Waals surface area contributed by atoms with Crippen molar-refractivity contribution in [3.8, 4) is 22.4 Å². The molecule has 4 aromatic rings. The number of H-pyrrole nitrogens is 1. The largest absolute Gasteiger partial charge is 0.288 e. The summed E-state index contributed by atoms with van der Waals surface area (Å²) in [7, 11) is 0. The van der Waals surface area contributed by atoms with E-state index >= 15 is 0 Å². The third kappa shape index (κ3) is 2.05. The number of hydrogen-bond donors (Lipinski definition) is 1. The van der Waals surface area contributed by atoms with E-state index in [2.05, 4.69) is 15.2 Å². The third-order valence-electron chi connectivity index (χ3n) is 4.88. The lowest BCUT2D eigenvalue weighted by atomic mass is 9.94. The van der Waals surface area contributed by atoms with Crippen molar-refractivity contribution < 1.29 is 9.72 Å². The first-order valence-corrected chi connectivity index (χ1v) is 8.34. The monoisotopic (exact) mass is 356 g/mol. The number of hydrogen-bond acceptors (Lipinski definition) is 5. The minimum absolute atomic E-state index is 0.0321. The number of carbonyl (C=O) groups is 1. The molecule has 7 heteroatoms. The zero-order chi connectivity index (χ0) is 18.7. The van der Waals surface area contributed by atoms with E-state index in [0.29, 0.717) is 39.0 Å². The number of ketones is 1. The Morgan fingerprint density at radius 1 is 1.04 bits per heavy atom. The number of fused-ring (bicyclic) bond motifs is 4. The second-order valence-corrected chi connectivity index (χ2v) is 6.44. The van der Waals surface area contributed by atoms with Crippen LogP contribution < -0.4 is 0 Å². The standard InChI is InChI=1S/C20H12N4O3/c1-10-15-16(11-5-4-6-12(9-11)24(26)27)17-18(21-20(15)23-22-10)13-7-2-3-8-14(13)19(17)25/h2-9H,1H3,(H,21,22,23). The van der Waals surface area contributed by atoms with Crippen LogP contribution in [-0.4, -0.2) is 25.9 Å². The Kier molecular flexibility index (Phi) is 3.03. The molecule has 2 heterocycles. The van der Waals surface area contributed by atoms with Crippen molar-refractivity contribution in [3.05, 3.63) is 75.5 Å². The molecule has 1 N–H and O–H groups in total. The smallest absolute Gasteiger partial charge is 0.270 e. The van der Waals surface area contributed by atoms with Gasteiger partial charge in [-0.15, -0.1) is 0 Å². The van der Waals surface area contributed by atoms with Gasteiger partial charge in [-0.3, -0.25) is 20.0 Å². The van der Waals surface area contributed by atoms with Crippen molar-refractivity contribution in [1.82, 2.24) is 15.2 Å². The van der Waals surface area contributed by atoms with Crippen LogP contribution in [0.5, 0.6) is 0 Å². The van der Waals surface area contributed by atoms with Gasteiger partial charge in [-0.1, -0.05) is 36.4 Å². The van der Waals surface area contributed by atoms with E-state index in [-0.39, 0.29) is 11.5 Å². The summed E-state index contributed by atoms with van der Waals surface area (Å²) < 4.78 is 0. The van der Waals surface area contributed by atoms with E-state index in [1.807, 2.05) is 25.1 Å². The lowest BCUT2D eigenvalue weighted by molar-refractivity contribution is -0.384. The summed E-state index contributed by atoms with van der Waals surface area (Å²) in [4.78, 5) is 28.6. The van der Waals surface area contributed by atoms with Crippen molar-refractivity contribution in [3.63, 3.8) is 0 Å². The quantitative estimate of drug-likeness (QED) is 0.380. The van der Waals surface area contributed by atoms with E-state index in [0.717, 1.165) is 11.3 Å². The predicted molar refractivity (Wildman–Crippen MR) is 99.6 cm³/mol. The van der Waals surface area contributed by atoms with Crippen LogP contribution in [0.1, 0.15) is 21.6 Å². The van der Waals surface area contributed by atoms with Crippen LogP contribution in [0.2, 0.25) is 0 Å². The van der Waals surface area contributed by atoms with Gasteiger partial charge in [-0.2, -0.15) is 5.10 Å². The lowest BCUT2D eigenvalue weighted by Gasteiger charge is -2.10. The first-order chi connectivity index (χ1) is 13.1. The topological polar surface area (TPSA) is 102 Å². The van der Waals surface area contributed by atoms with Crippen LogP contribution in [0.15, 0.2) is 48.5 Å². The maximum Gasteiger partial charge on any atom is 0.270 e.